The Kier molecular flexibility index (Phi) is 6.18. The SMILES string of the molecule is CNc1ccc(-c2cc(-c3ccc(N(C)C)cc3)cc(-c3ccc(N(C)C)cc3)c2)cc1. The molecule has 162 valence electrons. The van der Waals surface area contributed by atoms with Crippen LogP contribution in [0.2, 0.25) is 0 Å². The molecule has 0 fully saturated rings. The van der Waals surface area contributed by atoms with E-state index in [9.17, 15) is 0 Å². The Bertz CT molecular complexity index is 1100. The monoisotopic (exact) mass is 421 g/mol. The molecular weight excluding hydrogens is 390 g/mol. The maximum Gasteiger partial charge on any atom is 0.0361 e. The molecule has 0 radical (unpaired) electrons. The summed E-state index contributed by atoms with van der Waals surface area (Å²) in [5.74, 6) is 0. The van der Waals surface area contributed by atoms with E-state index in [1.165, 1.54) is 44.8 Å². The molecule has 0 bridgehead atoms. The van der Waals surface area contributed by atoms with Gasteiger partial charge in [0.15, 0.2) is 0 Å². The first-order valence-corrected chi connectivity index (χ1v) is 10.9. The van der Waals surface area contributed by atoms with E-state index >= 15 is 0 Å². The lowest BCUT2D eigenvalue weighted by molar-refractivity contribution is 1.13. The van der Waals surface area contributed by atoms with Gasteiger partial charge in [0.2, 0.25) is 0 Å². The van der Waals surface area contributed by atoms with Crippen LogP contribution in [0.5, 0.6) is 0 Å². The normalized spacial score (nSPS) is 10.7. The van der Waals surface area contributed by atoms with Crippen molar-refractivity contribution < 1.29 is 0 Å². The van der Waals surface area contributed by atoms with Gasteiger partial charge < -0.3 is 15.1 Å². The first-order chi connectivity index (χ1) is 15.4. The summed E-state index contributed by atoms with van der Waals surface area (Å²) in [4.78, 5) is 4.25. The predicted molar refractivity (Wildman–Crippen MR) is 141 cm³/mol. The maximum absolute atomic E-state index is 3.20. The van der Waals surface area contributed by atoms with Crippen molar-refractivity contribution in [1.82, 2.24) is 0 Å². The van der Waals surface area contributed by atoms with E-state index in [0.717, 1.165) is 5.69 Å². The summed E-state index contributed by atoms with van der Waals surface area (Å²) in [6.07, 6.45) is 0. The van der Waals surface area contributed by atoms with E-state index in [-0.39, 0.29) is 0 Å². The van der Waals surface area contributed by atoms with Gasteiger partial charge in [-0.15, -0.1) is 0 Å². The average Bonchev–Trinajstić information content (AvgIpc) is 2.84. The molecule has 0 heterocycles. The van der Waals surface area contributed by atoms with Crippen molar-refractivity contribution in [2.75, 3.05) is 50.4 Å². The van der Waals surface area contributed by atoms with E-state index in [1.54, 1.807) is 0 Å². The highest BCUT2D eigenvalue weighted by Crippen LogP contribution is 2.34. The lowest BCUT2D eigenvalue weighted by Gasteiger charge is -2.15. The molecule has 3 heteroatoms. The Hall–Kier alpha value is -3.72. The highest BCUT2D eigenvalue weighted by atomic mass is 15.1. The molecule has 3 nitrogen and oxygen atoms in total. The Morgan fingerprint density at radius 1 is 0.438 bits per heavy atom. The van der Waals surface area contributed by atoms with E-state index in [4.69, 9.17) is 0 Å². The van der Waals surface area contributed by atoms with Gasteiger partial charge >= 0.3 is 0 Å². The summed E-state index contributed by atoms with van der Waals surface area (Å²) in [5.41, 5.74) is 10.8. The quantitative estimate of drug-likeness (QED) is 0.367. The number of hydrogen-bond donors (Lipinski definition) is 1. The Morgan fingerprint density at radius 3 is 1.03 bits per heavy atom. The van der Waals surface area contributed by atoms with Crippen LogP contribution in [0, 0.1) is 0 Å². The minimum absolute atomic E-state index is 1.11. The molecule has 0 aliphatic heterocycles. The lowest BCUT2D eigenvalue weighted by atomic mass is 9.93. The summed E-state index contributed by atoms with van der Waals surface area (Å²) < 4.78 is 0. The first kappa shape index (κ1) is 21.5. The van der Waals surface area contributed by atoms with Gasteiger partial charge in [-0.3, -0.25) is 0 Å². The van der Waals surface area contributed by atoms with Crippen LogP contribution in [-0.4, -0.2) is 35.2 Å². The summed E-state index contributed by atoms with van der Waals surface area (Å²) in [6.45, 7) is 0. The molecule has 32 heavy (non-hydrogen) atoms. The molecule has 0 saturated heterocycles. The third-order valence-corrected chi connectivity index (χ3v) is 5.87. The second-order valence-electron chi connectivity index (χ2n) is 8.51. The topological polar surface area (TPSA) is 18.5 Å². The zero-order valence-electron chi connectivity index (χ0n) is 19.6. The lowest BCUT2D eigenvalue weighted by Crippen LogP contribution is -2.08. The molecule has 0 aromatic heterocycles. The van der Waals surface area contributed by atoms with E-state index in [2.05, 4.69) is 134 Å². The van der Waals surface area contributed by atoms with Gasteiger partial charge in [0.05, 0.1) is 0 Å². The van der Waals surface area contributed by atoms with Crippen molar-refractivity contribution in [2.45, 2.75) is 0 Å². The fourth-order valence-corrected chi connectivity index (χ4v) is 3.86. The maximum atomic E-state index is 3.20. The second kappa shape index (κ2) is 9.19. The van der Waals surface area contributed by atoms with Crippen LogP contribution in [0.25, 0.3) is 33.4 Å². The number of rotatable bonds is 6. The second-order valence-corrected chi connectivity index (χ2v) is 8.51. The molecule has 0 aliphatic rings. The molecule has 1 N–H and O–H groups in total. The molecule has 0 spiro atoms. The van der Waals surface area contributed by atoms with E-state index in [0.29, 0.717) is 0 Å². The van der Waals surface area contributed by atoms with Crippen molar-refractivity contribution in [3.05, 3.63) is 91.0 Å². The van der Waals surface area contributed by atoms with E-state index in [1.807, 2.05) is 7.05 Å². The minimum Gasteiger partial charge on any atom is -0.388 e. The highest BCUT2D eigenvalue weighted by molar-refractivity contribution is 5.82. The Balaban J connectivity index is 1.82. The summed E-state index contributed by atoms with van der Waals surface area (Å²) in [7, 11) is 10.2. The zero-order valence-corrected chi connectivity index (χ0v) is 19.6. The molecule has 4 aromatic carbocycles. The molecule has 0 aliphatic carbocycles. The number of nitrogens with zero attached hydrogens (tertiary/aromatic N) is 2. The van der Waals surface area contributed by atoms with Crippen LogP contribution >= 0.6 is 0 Å². The minimum atomic E-state index is 1.11. The molecule has 4 rings (SSSR count). The van der Waals surface area contributed by atoms with Crippen molar-refractivity contribution in [3.8, 4) is 33.4 Å². The zero-order chi connectivity index (χ0) is 22.7. The summed E-state index contributed by atoms with van der Waals surface area (Å²) >= 11 is 0. The predicted octanol–water partition coefficient (Wildman–Crippen LogP) is 6.86. The fraction of sp³-hybridized carbons (Fsp3) is 0.172. The largest absolute Gasteiger partial charge is 0.388 e. The van der Waals surface area contributed by atoms with E-state index < -0.39 is 0 Å². The number of benzene rings is 4. The van der Waals surface area contributed by atoms with Gasteiger partial charge in [-0.1, -0.05) is 36.4 Å². The molecule has 0 saturated carbocycles. The average molecular weight is 422 g/mol. The van der Waals surface area contributed by atoms with Gasteiger partial charge in [0, 0.05) is 52.3 Å². The van der Waals surface area contributed by atoms with Crippen LogP contribution in [0.4, 0.5) is 17.1 Å². The number of nitrogens with one attached hydrogen (secondary N) is 1. The number of anilines is 3. The van der Waals surface area contributed by atoms with Gasteiger partial charge in [-0.05, 0) is 88.0 Å². The standard InChI is InChI=1S/C29H31N3/c1-30-27-12-6-21(7-13-27)24-18-25(22-8-14-28(15-9-22)31(2)3)20-26(19-24)23-10-16-29(17-11-23)32(4)5/h6-20,30H,1-5H3. The molecule has 0 atom stereocenters. The summed E-state index contributed by atoms with van der Waals surface area (Å²) in [5, 5.41) is 3.20. The van der Waals surface area contributed by atoms with Crippen LogP contribution in [0.15, 0.2) is 91.0 Å². The molecule has 0 unspecified atom stereocenters. The third-order valence-electron chi connectivity index (χ3n) is 5.87. The van der Waals surface area contributed by atoms with Gasteiger partial charge in [-0.25, -0.2) is 0 Å². The first-order valence-electron chi connectivity index (χ1n) is 10.9. The fourth-order valence-electron chi connectivity index (χ4n) is 3.86. The van der Waals surface area contributed by atoms with Crippen LogP contribution in [0.3, 0.4) is 0 Å². The van der Waals surface area contributed by atoms with Crippen LogP contribution in [-0.2, 0) is 0 Å². The number of hydrogen-bond acceptors (Lipinski definition) is 3. The van der Waals surface area contributed by atoms with Crippen LogP contribution < -0.4 is 15.1 Å². The highest BCUT2D eigenvalue weighted by Gasteiger charge is 2.09. The summed E-state index contributed by atoms with van der Waals surface area (Å²) in [6, 6.07) is 33.0. The molecule has 0 amide bonds. The third kappa shape index (κ3) is 4.62. The van der Waals surface area contributed by atoms with Gasteiger partial charge in [0.25, 0.3) is 0 Å². The Morgan fingerprint density at radius 2 is 0.750 bits per heavy atom. The molecular formula is C29H31N3. The van der Waals surface area contributed by atoms with Crippen molar-refractivity contribution in [1.29, 1.82) is 0 Å². The molecule has 4 aromatic rings. The smallest absolute Gasteiger partial charge is 0.0361 e. The van der Waals surface area contributed by atoms with Crippen molar-refractivity contribution >= 4 is 17.1 Å². The van der Waals surface area contributed by atoms with Crippen LogP contribution in [0.1, 0.15) is 0 Å². The Labute approximate surface area is 191 Å². The van der Waals surface area contributed by atoms with Crippen molar-refractivity contribution in [2.24, 2.45) is 0 Å². The van der Waals surface area contributed by atoms with Gasteiger partial charge in [0.1, 0.15) is 0 Å². The van der Waals surface area contributed by atoms with Crippen molar-refractivity contribution in [3.63, 3.8) is 0 Å². The van der Waals surface area contributed by atoms with Gasteiger partial charge in [-0.2, -0.15) is 0 Å².